The van der Waals surface area contributed by atoms with Gasteiger partial charge in [-0.1, -0.05) is 0 Å². The predicted molar refractivity (Wildman–Crippen MR) is 52.9 cm³/mol. The van der Waals surface area contributed by atoms with Crippen LogP contribution in [0.3, 0.4) is 0 Å². The lowest BCUT2D eigenvalue weighted by atomic mass is 10.2. The number of carbonyl (C=O) groups excluding carboxylic acids is 1. The molecule has 0 aliphatic carbocycles. The average Bonchev–Trinajstić information content (AvgIpc) is 1.77. The Labute approximate surface area is 84.2 Å². The van der Waals surface area contributed by atoms with E-state index in [9.17, 15) is 9.90 Å². The number of hydrogen-bond acceptors (Lipinski definition) is 4. The Kier molecular flexibility index (Phi) is 4.63. The van der Waals surface area contributed by atoms with Gasteiger partial charge in [0.2, 0.25) is 0 Å². The van der Waals surface area contributed by atoms with Crippen LogP contribution in [-0.2, 0) is 9.53 Å². The molecule has 0 saturated heterocycles. The van der Waals surface area contributed by atoms with Crippen LogP contribution in [0.5, 0.6) is 0 Å². The minimum absolute atomic E-state index is 0.0548. The summed E-state index contributed by atoms with van der Waals surface area (Å²) in [5, 5.41) is 18.1. The van der Waals surface area contributed by atoms with Crippen LogP contribution in [0, 0.1) is 0 Å². The Morgan fingerprint density at radius 1 is 1.50 bits per heavy atom. The molecule has 82 valence electrons. The van der Waals surface area contributed by atoms with E-state index < -0.39 is 17.7 Å². The van der Waals surface area contributed by atoms with Crippen LogP contribution in [0.4, 0.5) is 0 Å². The van der Waals surface area contributed by atoms with Gasteiger partial charge in [-0.25, -0.2) is 4.79 Å². The van der Waals surface area contributed by atoms with Crippen LogP contribution in [-0.4, -0.2) is 27.9 Å². The SMILES string of the molecule is C[C@@H](O)C/C(O)=C/C(=O)OC(C)(C)C. The molecule has 0 fully saturated rings. The van der Waals surface area contributed by atoms with E-state index in [1.165, 1.54) is 6.92 Å². The van der Waals surface area contributed by atoms with Gasteiger partial charge in [0.15, 0.2) is 0 Å². The first kappa shape index (κ1) is 13.0. The smallest absolute Gasteiger partial charge is 0.334 e. The van der Waals surface area contributed by atoms with Crippen LogP contribution in [0.2, 0.25) is 0 Å². The number of hydrogen-bond donors (Lipinski definition) is 2. The zero-order chi connectivity index (χ0) is 11.4. The zero-order valence-corrected chi connectivity index (χ0v) is 9.07. The van der Waals surface area contributed by atoms with Gasteiger partial charge in [-0.05, 0) is 27.7 Å². The van der Waals surface area contributed by atoms with Crippen molar-refractivity contribution in [1.29, 1.82) is 0 Å². The van der Waals surface area contributed by atoms with E-state index in [0.29, 0.717) is 0 Å². The molecule has 0 bridgehead atoms. The summed E-state index contributed by atoms with van der Waals surface area (Å²) >= 11 is 0. The Balaban J connectivity index is 4.16. The molecule has 0 aromatic heterocycles. The lowest BCUT2D eigenvalue weighted by Crippen LogP contribution is -2.23. The number of aliphatic hydroxyl groups excluding tert-OH is 2. The fourth-order valence-corrected chi connectivity index (χ4v) is 0.829. The number of esters is 1. The van der Waals surface area contributed by atoms with Gasteiger partial charge in [0.1, 0.15) is 11.4 Å². The minimum atomic E-state index is -0.673. The molecular weight excluding hydrogens is 184 g/mol. The molecule has 0 rings (SSSR count). The van der Waals surface area contributed by atoms with E-state index in [1.54, 1.807) is 20.8 Å². The molecule has 0 aromatic carbocycles. The van der Waals surface area contributed by atoms with Crippen molar-refractivity contribution in [3.8, 4) is 0 Å². The van der Waals surface area contributed by atoms with Gasteiger partial charge in [0.25, 0.3) is 0 Å². The largest absolute Gasteiger partial charge is 0.512 e. The van der Waals surface area contributed by atoms with E-state index in [1.807, 2.05) is 0 Å². The molecule has 0 saturated carbocycles. The molecule has 0 amide bonds. The van der Waals surface area contributed by atoms with Crippen LogP contribution in [0.1, 0.15) is 34.1 Å². The van der Waals surface area contributed by atoms with Gasteiger partial charge in [-0.15, -0.1) is 0 Å². The second-order valence-corrected chi connectivity index (χ2v) is 4.22. The normalized spacial score (nSPS) is 15.1. The van der Waals surface area contributed by atoms with Crippen molar-refractivity contribution in [3.05, 3.63) is 11.8 Å². The zero-order valence-electron chi connectivity index (χ0n) is 9.07. The van der Waals surface area contributed by atoms with Crippen molar-refractivity contribution in [1.82, 2.24) is 0 Å². The molecule has 14 heavy (non-hydrogen) atoms. The van der Waals surface area contributed by atoms with Crippen molar-refractivity contribution in [3.63, 3.8) is 0 Å². The van der Waals surface area contributed by atoms with Crippen LogP contribution in [0.25, 0.3) is 0 Å². The summed E-state index contributed by atoms with van der Waals surface area (Å²) in [5.41, 5.74) is -0.571. The Morgan fingerprint density at radius 3 is 2.36 bits per heavy atom. The minimum Gasteiger partial charge on any atom is -0.512 e. The third-order valence-corrected chi connectivity index (χ3v) is 1.20. The summed E-state index contributed by atoms with van der Waals surface area (Å²) in [6.07, 6.45) is 0.366. The maximum Gasteiger partial charge on any atom is 0.334 e. The van der Waals surface area contributed by atoms with E-state index in [-0.39, 0.29) is 12.2 Å². The Bertz CT molecular complexity index is 223. The predicted octanol–water partition coefficient (Wildman–Crippen LogP) is 1.54. The Hall–Kier alpha value is -1.03. The highest BCUT2D eigenvalue weighted by molar-refractivity contribution is 5.82. The molecule has 0 aliphatic rings. The fourth-order valence-electron chi connectivity index (χ4n) is 0.829. The first-order valence-electron chi connectivity index (χ1n) is 4.51. The third-order valence-electron chi connectivity index (χ3n) is 1.20. The highest BCUT2D eigenvalue weighted by atomic mass is 16.6. The second kappa shape index (κ2) is 5.00. The molecule has 0 heterocycles. The molecule has 0 radical (unpaired) electrons. The summed E-state index contributed by atoms with van der Waals surface area (Å²) in [4.78, 5) is 11.1. The van der Waals surface area contributed by atoms with E-state index in [0.717, 1.165) is 6.08 Å². The Morgan fingerprint density at radius 2 is 2.00 bits per heavy atom. The van der Waals surface area contributed by atoms with Crippen LogP contribution < -0.4 is 0 Å². The fraction of sp³-hybridized carbons (Fsp3) is 0.700. The van der Waals surface area contributed by atoms with Crippen LogP contribution >= 0.6 is 0 Å². The summed E-state index contributed by atoms with van der Waals surface area (Å²) in [7, 11) is 0. The van der Waals surface area contributed by atoms with Crippen LogP contribution in [0.15, 0.2) is 11.8 Å². The van der Waals surface area contributed by atoms with Gasteiger partial charge in [0, 0.05) is 6.42 Å². The number of ether oxygens (including phenoxy) is 1. The second-order valence-electron chi connectivity index (χ2n) is 4.22. The molecule has 0 unspecified atom stereocenters. The first-order chi connectivity index (χ1) is 6.20. The summed E-state index contributed by atoms with van der Waals surface area (Å²) in [5.74, 6) is -0.773. The summed E-state index contributed by atoms with van der Waals surface area (Å²) < 4.78 is 4.93. The van der Waals surface area contributed by atoms with Crippen molar-refractivity contribution in [2.45, 2.75) is 45.8 Å². The molecular formula is C10H18O4. The number of carbonyl (C=O) groups is 1. The van der Waals surface area contributed by atoms with Gasteiger partial charge in [-0.3, -0.25) is 0 Å². The third kappa shape index (κ3) is 7.61. The molecule has 2 N–H and O–H groups in total. The number of aliphatic hydroxyl groups is 2. The monoisotopic (exact) mass is 202 g/mol. The van der Waals surface area contributed by atoms with Crippen molar-refractivity contribution in [2.24, 2.45) is 0 Å². The highest BCUT2D eigenvalue weighted by Gasteiger charge is 2.15. The number of rotatable bonds is 3. The van der Waals surface area contributed by atoms with Gasteiger partial charge < -0.3 is 14.9 Å². The topological polar surface area (TPSA) is 66.8 Å². The highest BCUT2D eigenvalue weighted by Crippen LogP contribution is 2.09. The van der Waals surface area contributed by atoms with Crippen molar-refractivity contribution in [2.75, 3.05) is 0 Å². The maximum absolute atomic E-state index is 11.1. The van der Waals surface area contributed by atoms with Crippen molar-refractivity contribution >= 4 is 5.97 Å². The molecule has 0 aliphatic heterocycles. The molecule has 0 aromatic rings. The lowest BCUT2D eigenvalue weighted by molar-refractivity contribution is -0.148. The average molecular weight is 202 g/mol. The standard InChI is InChI=1S/C10H18O4/c1-7(11)5-8(12)6-9(13)14-10(2,3)4/h6-7,11-12H,5H2,1-4H3/b8-6-/t7-/m1/s1. The summed E-state index contributed by atoms with van der Waals surface area (Å²) in [6.45, 7) is 6.75. The van der Waals surface area contributed by atoms with Crippen molar-refractivity contribution < 1.29 is 19.7 Å². The first-order valence-corrected chi connectivity index (χ1v) is 4.51. The lowest BCUT2D eigenvalue weighted by Gasteiger charge is -2.18. The molecule has 4 heteroatoms. The molecule has 0 spiro atoms. The van der Waals surface area contributed by atoms with Gasteiger partial charge in [-0.2, -0.15) is 0 Å². The van der Waals surface area contributed by atoms with E-state index in [4.69, 9.17) is 9.84 Å². The molecule has 1 atom stereocenters. The van der Waals surface area contributed by atoms with Gasteiger partial charge in [0.05, 0.1) is 12.2 Å². The maximum atomic E-state index is 11.1. The quantitative estimate of drug-likeness (QED) is 0.414. The van der Waals surface area contributed by atoms with Gasteiger partial charge >= 0.3 is 5.97 Å². The summed E-state index contributed by atoms with van der Waals surface area (Å²) in [6, 6.07) is 0. The van der Waals surface area contributed by atoms with E-state index in [2.05, 4.69) is 0 Å². The van der Waals surface area contributed by atoms with E-state index >= 15 is 0 Å². The molecule has 4 nitrogen and oxygen atoms in total.